The fourth-order valence-corrected chi connectivity index (χ4v) is 3.75. The number of pyridine rings is 1. The van der Waals surface area contributed by atoms with Crippen molar-refractivity contribution in [1.29, 1.82) is 0 Å². The summed E-state index contributed by atoms with van der Waals surface area (Å²) in [5.74, 6) is -1.58. The first-order valence-electron chi connectivity index (χ1n) is 9.17. The SMILES string of the molecule is Cc1nc(-n2cnn(Cc3ccc(C(F)(F)F)o3)c2=O)sc1C(=O)NCc1cccnc1. The van der Waals surface area contributed by atoms with Crippen molar-refractivity contribution >= 4 is 17.2 Å². The Balaban J connectivity index is 1.50. The summed E-state index contributed by atoms with van der Waals surface area (Å²) in [4.78, 5) is 33.7. The lowest BCUT2D eigenvalue weighted by Crippen LogP contribution is -2.24. The Bertz CT molecular complexity index is 1310. The number of hydrogen-bond donors (Lipinski definition) is 1. The monoisotopic (exact) mass is 464 g/mol. The molecule has 0 saturated heterocycles. The van der Waals surface area contributed by atoms with Crippen LogP contribution < -0.4 is 11.0 Å². The first-order valence-corrected chi connectivity index (χ1v) is 9.99. The van der Waals surface area contributed by atoms with E-state index in [1.165, 1.54) is 6.33 Å². The van der Waals surface area contributed by atoms with Gasteiger partial charge in [0, 0.05) is 18.9 Å². The quantitative estimate of drug-likeness (QED) is 0.470. The number of carbonyl (C=O) groups is 1. The van der Waals surface area contributed by atoms with Gasteiger partial charge in [0.2, 0.25) is 5.76 Å². The third-order valence-corrected chi connectivity index (χ3v) is 5.51. The standard InChI is InChI=1S/C19H15F3N6O3S/c1-11-15(16(29)24-8-12-3-2-6-23-7-12)32-17(26-11)27-10-25-28(18(27)30)9-13-4-5-14(31-13)19(20,21)22/h2-7,10H,8-9H2,1H3,(H,24,29). The summed E-state index contributed by atoms with van der Waals surface area (Å²) in [6.45, 7) is 1.63. The average molecular weight is 464 g/mol. The molecular formula is C19H15F3N6O3S. The molecule has 0 spiro atoms. The first kappa shape index (κ1) is 21.5. The maximum absolute atomic E-state index is 12.7. The van der Waals surface area contributed by atoms with Crippen LogP contribution >= 0.6 is 11.3 Å². The van der Waals surface area contributed by atoms with Crippen LogP contribution in [0.1, 0.15) is 32.4 Å². The van der Waals surface area contributed by atoms with Gasteiger partial charge in [0.25, 0.3) is 5.91 Å². The Morgan fingerprint density at radius 2 is 2.09 bits per heavy atom. The van der Waals surface area contributed by atoms with Crippen molar-refractivity contribution in [2.24, 2.45) is 0 Å². The molecule has 0 bridgehead atoms. The van der Waals surface area contributed by atoms with Gasteiger partial charge in [-0.3, -0.25) is 9.78 Å². The Labute approximate surface area is 182 Å². The minimum absolute atomic E-state index is 0.0736. The molecule has 0 saturated carbocycles. The first-order chi connectivity index (χ1) is 15.2. The summed E-state index contributed by atoms with van der Waals surface area (Å²) < 4.78 is 44.8. The fraction of sp³-hybridized carbons (Fsp3) is 0.211. The van der Waals surface area contributed by atoms with Gasteiger partial charge in [-0.25, -0.2) is 19.0 Å². The minimum atomic E-state index is -4.62. The second-order valence-electron chi connectivity index (χ2n) is 6.66. The lowest BCUT2D eigenvalue weighted by atomic mass is 10.3. The molecule has 0 fully saturated rings. The van der Waals surface area contributed by atoms with Gasteiger partial charge in [-0.05, 0) is 30.7 Å². The van der Waals surface area contributed by atoms with Gasteiger partial charge in [-0.1, -0.05) is 17.4 Å². The molecule has 1 amide bonds. The number of furan rings is 1. The van der Waals surface area contributed by atoms with E-state index in [1.54, 1.807) is 25.4 Å². The highest BCUT2D eigenvalue weighted by molar-refractivity contribution is 7.16. The van der Waals surface area contributed by atoms with Gasteiger partial charge >= 0.3 is 11.9 Å². The molecule has 0 atom stereocenters. The fourth-order valence-electron chi connectivity index (χ4n) is 2.80. The van der Waals surface area contributed by atoms with Crippen LogP contribution in [-0.4, -0.2) is 30.2 Å². The molecular weight excluding hydrogens is 449 g/mol. The van der Waals surface area contributed by atoms with Crippen LogP contribution in [0.2, 0.25) is 0 Å². The molecule has 0 unspecified atom stereocenters. The smallest absolute Gasteiger partial charge is 0.449 e. The Morgan fingerprint density at radius 3 is 2.78 bits per heavy atom. The van der Waals surface area contributed by atoms with Gasteiger partial charge in [0.15, 0.2) is 5.13 Å². The highest BCUT2D eigenvalue weighted by atomic mass is 32.1. The zero-order valence-electron chi connectivity index (χ0n) is 16.5. The van der Waals surface area contributed by atoms with Crippen molar-refractivity contribution in [1.82, 2.24) is 29.6 Å². The number of amides is 1. The van der Waals surface area contributed by atoms with Crippen molar-refractivity contribution in [3.05, 3.63) is 81.1 Å². The number of alkyl halides is 3. The van der Waals surface area contributed by atoms with Crippen LogP contribution in [0.15, 0.2) is 52.2 Å². The molecule has 32 heavy (non-hydrogen) atoms. The van der Waals surface area contributed by atoms with E-state index in [2.05, 4.69) is 20.4 Å². The number of halogens is 3. The molecule has 0 aliphatic carbocycles. The van der Waals surface area contributed by atoms with Crippen molar-refractivity contribution in [3.8, 4) is 5.13 Å². The van der Waals surface area contributed by atoms with Crippen molar-refractivity contribution in [3.63, 3.8) is 0 Å². The lowest BCUT2D eigenvalue weighted by molar-refractivity contribution is -0.153. The number of aryl methyl sites for hydroxylation is 1. The van der Waals surface area contributed by atoms with Crippen molar-refractivity contribution in [2.45, 2.75) is 26.2 Å². The van der Waals surface area contributed by atoms with Crippen molar-refractivity contribution < 1.29 is 22.4 Å². The van der Waals surface area contributed by atoms with E-state index >= 15 is 0 Å². The summed E-state index contributed by atoms with van der Waals surface area (Å²) in [6, 6.07) is 5.50. The molecule has 0 aliphatic heterocycles. The molecule has 13 heteroatoms. The number of hydrogen-bond acceptors (Lipinski definition) is 7. The van der Waals surface area contributed by atoms with Gasteiger partial charge in [0.1, 0.15) is 23.5 Å². The molecule has 0 radical (unpaired) electrons. The number of rotatable bonds is 6. The summed E-state index contributed by atoms with van der Waals surface area (Å²) in [6.07, 6.45) is -0.166. The number of thiazole rings is 1. The van der Waals surface area contributed by atoms with E-state index in [0.29, 0.717) is 10.6 Å². The molecule has 166 valence electrons. The van der Waals surface area contributed by atoms with E-state index in [4.69, 9.17) is 4.42 Å². The van der Waals surface area contributed by atoms with Gasteiger partial charge < -0.3 is 9.73 Å². The predicted octanol–water partition coefficient (Wildman–Crippen LogP) is 2.78. The predicted molar refractivity (Wildman–Crippen MR) is 106 cm³/mol. The van der Waals surface area contributed by atoms with E-state index in [-0.39, 0.29) is 29.9 Å². The molecule has 4 heterocycles. The maximum Gasteiger partial charge on any atom is 0.449 e. The van der Waals surface area contributed by atoms with Crippen LogP contribution in [0, 0.1) is 6.92 Å². The zero-order chi connectivity index (χ0) is 22.9. The van der Waals surface area contributed by atoms with Crippen LogP contribution in [0.25, 0.3) is 5.13 Å². The molecule has 1 N–H and O–H groups in total. The molecule has 4 aromatic rings. The van der Waals surface area contributed by atoms with Gasteiger partial charge in [-0.15, -0.1) is 0 Å². The third-order valence-electron chi connectivity index (χ3n) is 4.35. The van der Waals surface area contributed by atoms with Crippen molar-refractivity contribution in [2.75, 3.05) is 0 Å². The van der Waals surface area contributed by atoms with Gasteiger partial charge in [-0.2, -0.15) is 18.3 Å². The Kier molecular flexibility index (Phi) is 5.65. The van der Waals surface area contributed by atoms with E-state index in [1.807, 2.05) is 6.07 Å². The van der Waals surface area contributed by atoms with Crippen LogP contribution in [-0.2, 0) is 19.3 Å². The average Bonchev–Trinajstić information content (AvgIpc) is 3.47. The molecule has 0 aliphatic rings. The van der Waals surface area contributed by atoms with E-state index in [0.717, 1.165) is 38.3 Å². The summed E-state index contributed by atoms with van der Waals surface area (Å²) in [5.41, 5.74) is 0.618. The third kappa shape index (κ3) is 4.46. The van der Waals surface area contributed by atoms with Crippen LogP contribution in [0.3, 0.4) is 0 Å². The highest BCUT2D eigenvalue weighted by Crippen LogP contribution is 2.30. The van der Waals surface area contributed by atoms with E-state index in [9.17, 15) is 22.8 Å². The zero-order valence-corrected chi connectivity index (χ0v) is 17.3. The van der Waals surface area contributed by atoms with Gasteiger partial charge in [0.05, 0.1) is 5.69 Å². The normalized spacial score (nSPS) is 11.6. The minimum Gasteiger partial charge on any atom is -0.455 e. The second-order valence-corrected chi connectivity index (χ2v) is 7.64. The molecule has 4 rings (SSSR count). The Morgan fingerprint density at radius 1 is 1.28 bits per heavy atom. The van der Waals surface area contributed by atoms with Crippen LogP contribution in [0.4, 0.5) is 13.2 Å². The molecule has 0 aromatic carbocycles. The number of nitrogens with one attached hydrogen (secondary N) is 1. The maximum atomic E-state index is 12.7. The van der Waals surface area contributed by atoms with Crippen LogP contribution in [0.5, 0.6) is 0 Å². The largest absolute Gasteiger partial charge is 0.455 e. The van der Waals surface area contributed by atoms with E-state index < -0.39 is 17.6 Å². The number of carbonyl (C=O) groups excluding carboxylic acids is 1. The summed E-state index contributed by atoms with van der Waals surface area (Å²) in [7, 11) is 0. The highest BCUT2D eigenvalue weighted by Gasteiger charge is 2.34. The Hall–Kier alpha value is -3.74. The topological polar surface area (TPSA) is 108 Å². The molecule has 4 aromatic heterocycles. The molecule has 9 nitrogen and oxygen atoms in total. The lowest BCUT2D eigenvalue weighted by Gasteiger charge is -2.03. The number of aromatic nitrogens is 5. The second kappa shape index (κ2) is 8.42. The summed E-state index contributed by atoms with van der Waals surface area (Å²) >= 11 is 0.996. The summed E-state index contributed by atoms with van der Waals surface area (Å²) in [5, 5.41) is 6.88. The number of nitrogens with zero attached hydrogens (tertiary/aromatic N) is 5.